The van der Waals surface area contributed by atoms with Crippen molar-refractivity contribution in [2.75, 3.05) is 25.9 Å². The Bertz CT molecular complexity index is 608. The third kappa shape index (κ3) is 3.50. The van der Waals surface area contributed by atoms with Gasteiger partial charge in [0.05, 0.1) is 0 Å². The van der Waals surface area contributed by atoms with Gasteiger partial charge in [0.2, 0.25) is 5.91 Å². The van der Waals surface area contributed by atoms with Gasteiger partial charge in [-0.2, -0.15) is 0 Å². The summed E-state index contributed by atoms with van der Waals surface area (Å²) in [7, 11) is -3.45. The monoisotopic (exact) mass is 324 g/mol. The molecule has 0 saturated carbocycles. The van der Waals surface area contributed by atoms with Crippen LogP contribution in [0.1, 0.15) is 31.2 Å². The van der Waals surface area contributed by atoms with Gasteiger partial charge in [0.1, 0.15) is 0 Å². The minimum Gasteiger partial charge on any atom is -0.354 e. The average molecular weight is 324 g/mol. The highest BCUT2D eigenvalue weighted by Gasteiger charge is 2.48. The number of sulfone groups is 1. The van der Waals surface area contributed by atoms with Crippen molar-refractivity contribution < 1.29 is 13.2 Å². The van der Waals surface area contributed by atoms with E-state index in [1.54, 1.807) is 0 Å². The van der Waals surface area contributed by atoms with Gasteiger partial charge in [0.15, 0.2) is 14.6 Å². The molecule has 1 aliphatic heterocycles. The zero-order chi connectivity index (χ0) is 16.2. The summed E-state index contributed by atoms with van der Waals surface area (Å²) in [6.07, 6.45) is 1.83. The second kappa shape index (κ2) is 6.79. The van der Waals surface area contributed by atoms with E-state index in [9.17, 15) is 13.2 Å². The molecule has 1 aliphatic rings. The van der Waals surface area contributed by atoms with Crippen LogP contribution in [0.5, 0.6) is 0 Å². The molecule has 1 aromatic carbocycles. The molecular weight excluding hydrogens is 300 g/mol. The normalized spacial score (nSPS) is 19.4. The summed E-state index contributed by atoms with van der Waals surface area (Å²) in [5, 5.41) is 5.96. The van der Waals surface area contributed by atoms with Crippen LogP contribution in [0, 0.1) is 0 Å². The first-order valence-electron chi connectivity index (χ1n) is 7.60. The Kier molecular flexibility index (Phi) is 5.24. The van der Waals surface area contributed by atoms with E-state index in [0.29, 0.717) is 32.5 Å². The summed E-state index contributed by atoms with van der Waals surface area (Å²) in [4.78, 5) is 12.6. The fraction of sp³-hybridized carbons (Fsp3) is 0.562. The summed E-state index contributed by atoms with van der Waals surface area (Å²) < 4.78 is 23.1. The zero-order valence-electron chi connectivity index (χ0n) is 13.1. The number of carbonyl (C=O) groups is 1. The summed E-state index contributed by atoms with van der Waals surface area (Å²) in [5.41, 5.74) is 1.13. The van der Waals surface area contributed by atoms with Crippen molar-refractivity contribution in [1.29, 1.82) is 0 Å². The van der Waals surface area contributed by atoms with Gasteiger partial charge in [-0.1, -0.05) is 37.3 Å². The molecule has 1 aromatic rings. The van der Waals surface area contributed by atoms with Crippen LogP contribution in [0.15, 0.2) is 30.3 Å². The Labute approximate surface area is 132 Å². The van der Waals surface area contributed by atoms with E-state index in [0.717, 1.165) is 5.56 Å². The van der Waals surface area contributed by atoms with Crippen LogP contribution < -0.4 is 10.6 Å². The molecule has 1 saturated heterocycles. The maximum atomic E-state index is 12.6. The van der Waals surface area contributed by atoms with Crippen LogP contribution >= 0.6 is 0 Å². The molecule has 0 bridgehead atoms. The molecule has 6 heteroatoms. The van der Waals surface area contributed by atoms with Crippen LogP contribution in [-0.4, -0.2) is 45.0 Å². The molecule has 0 aliphatic carbocycles. The topological polar surface area (TPSA) is 75.3 Å². The molecule has 1 heterocycles. The quantitative estimate of drug-likeness (QED) is 0.850. The van der Waals surface area contributed by atoms with Crippen LogP contribution in [0.2, 0.25) is 0 Å². The average Bonchev–Trinajstić information content (AvgIpc) is 2.52. The lowest BCUT2D eigenvalue weighted by Gasteiger charge is -2.34. The summed E-state index contributed by atoms with van der Waals surface area (Å²) >= 11 is 0. The Morgan fingerprint density at radius 3 is 2.41 bits per heavy atom. The third-order valence-electron chi connectivity index (χ3n) is 4.47. The van der Waals surface area contributed by atoms with Crippen molar-refractivity contribution in [2.45, 2.75) is 30.4 Å². The summed E-state index contributed by atoms with van der Waals surface area (Å²) in [5.74, 6) is -0.220. The van der Waals surface area contributed by atoms with Crippen molar-refractivity contribution in [3.63, 3.8) is 0 Å². The maximum absolute atomic E-state index is 12.6. The summed E-state index contributed by atoms with van der Waals surface area (Å²) in [6, 6.07) is 9.88. The summed E-state index contributed by atoms with van der Waals surface area (Å²) in [6.45, 7) is 3.56. The van der Waals surface area contributed by atoms with Gasteiger partial charge in [-0.05, 0) is 37.4 Å². The Hall–Kier alpha value is -1.40. The molecular formula is C16H24N2O3S. The first-order valence-corrected chi connectivity index (χ1v) is 9.49. The smallest absolute Gasteiger partial charge is 0.241 e. The van der Waals surface area contributed by atoms with E-state index >= 15 is 0 Å². The van der Waals surface area contributed by atoms with Crippen LogP contribution in [0.3, 0.4) is 0 Å². The van der Waals surface area contributed by atoms with Gasteiger partial charge >= 0.3 is 0 Å². The molecule has 1 unspecified atom stereocenters. The first-order chi connectivity index (χ1) is 10.4. The molecule has 0 spiro atoms. The number of rotatable bonds is 5. The van der Waals surface area contributed by atoms with E-state index in [2.05, 4.69) is 10.6 Å². The van der Waals surface area contributed by atoms with E-state index in [1.165, 1.54) is 6.26 Å². The van der Waals surface area contributed by atoms with Crippen molar-refractivity contribution in [1.82, 2.24) is 10.6 Å². The number of carbonyl (C=O) groups excluding carboxylic acids is 1. The van der Waals surface area contributed by atoms with Crippen molar-refractivity contribution >= 4 is 15.7 Å². The fourth-order valence-corrected chi connectivity index (χ4v) is 4.26. The van der Waals surface area contributed by atoms with Crippen LogP contribution in [0.25, 0.3) is 0 Å². The van der Waals surface area contributed by atoms with E-state index in [1.807, 2.05) is 37.3 Å². The lowest BCUT2D eigenvalue weighted by molar-refractivity contribution is -0.124. The van der Waals surface area contributed by atoms with Gasteiger partial charge in [-0.25, -0.2) is 8.42 Å². The highest BCUT2D eigenvalue weighted by molar-refractivity contribution is 7.92. The maximum Gasteiger partial charge on any atom is 0.241 e. The van der Waals surface area contributed by atoms with E-state index in [4.69, 9.17) is 0 Å². The Morgan fingerprint density at radius 1 is 1.27 bits per heavy atom. The largest absolute Gasteiger partial charge is 0.354 e. The number of nitrogens with one attached hydrogen (secondary N) is 2. The first kappa shape index (κ1) is 17.0. The molecule has 122 valence electrons. The van der Waals surface area contributed by atoms with Crippen LogP contribution in [-0.2, 0) is 14.6 Å². The Morgan fingerprint density at radius 2 is 1.86 bits per heavy atom. The van der Waals surface area contributed by atoms with E-state index < -0.39 is 14.6 Å². The lowest BCUT2D eigenvalue weighted by Crippen LogP contribution is -2.57. The predicted octanol–water partition coefficient (Wildman–Crippen LogP) is 1.07. The lowest BCUT2D eigenvalue weighted by atomic mass is 9.95. The zero-order valence-corrected chi connectivity index (χ0v) is 13.9. The number of benzene rings is 1. The number of hydrogen-bond donors (Lipinski definition) is 2. The molecule has 0 aromatic heterocycles. The third-order valence-corrected chi connectivity index (χ3v) is 6.49. The molecule has 2 rings (SSSR count). The highest BCUT2D eigenvalue weighted by Crippen LogP contribution is 2.28. The molecule has 1 amide bonds. The van der Waals surface area contributed by atoms with Gasteiger partial charge in [0.25, 0.3) is 0 Å². The van der Waals surface area contributed by atoms with Crippen LogP contribution in [0.4, 0.5) is 0 Å². The molecule has 0 radical (unpaired) electrons. The standard InChI is InChI=1S/C16H24N2O3S/c1-13(14-6-4-3-5-7-14)12-18-15(19)16(22(2,20)21)8-10-17-11-9-16/h3-7,13,17H,8-12H2,1-2H3,(H,18,19). The second-order valence-corrected chi connectivity index (χ2v) is 8.36. The Balaban J connectivity index is 2.06. The van der Waals surface area contributed by atoms with Gasteiger partial charge in [-0.15, -0.1) is 0 Å². The van der Waals surface area contributed by atoms with Crippen molar-refractivity contribution in [3.8, 4) is 0 Å². The van der Waals surface area contributed by atoms with Crippen molar-refractivity contribution in [3.05, 3.63) is 35.9 Å². The minimum absolute atomic E-state index is 0.142. The minimum atomic E-state index is -3.45. The second-order valence-electron chi connectivity index (χ2n) is 6.04. The molecule has 1 fully saturated rings. The van der Waals surface area contributed by atoms with Gasteiger partial charge in [-0.3, -0.25) is 4.79 Å². The number of hydrogen-bond acceptors (Lipinski definition) is 4. The molecule has 5 nitrogen and oxygen atoms in total. The molecule has 2 N–H and O–H groups in total. The van der Waals surface area contributed by atoms with Crippen molar-refractivity contribution in [2.24, 2.45) is 0 Å². The highest BCUT2D eigenvalue weighted by atomic mass is 32.2. The molecule has 22 heavy (non-hydrogen) atoms. The molecule has 1 atom stereocenters. The number of piperidine rings is 1. The SMILES string of the molecule is CC(CNC(=O)C1(S(C)(=O)=O)CCNCC1)c1ccccc1. The number of amides is 1. The van der Waals surface area contributed by atoms with Gasteiger partial charge < -0.3 is 10.6 Å². The van der Waals surface area contributed by atoms with Gasteiger partial charge in [0, 0.05) is 12.8 Å². The predicted molar refractivity (Wildman–Crippen MR) is 87.5 cm³/mol. The fourth-order valence-electron chi connectivity index (χ4n) is 2.90. The van der Waals surface area contributed by atoms with E-state index in [-0.39, 0.29) is 11.8 Å².